The second kappa shape index (κ2) is 9.32. The summed E-state index contributed by atoms with van der Waals surface area (Å²) in [5, 5.41) is 2.98. The molecule has 1 aromatic carbocycles. The highest BCUT2D eigenvalue weighted by atomic mass is 16.2. The van der Waals surface area contributed by atoms with Crippen molar-refractivity contribution < 1.29 is 9.59 Å². The van der Waals surface area contributed by atoms with Gasteiger partial charge in [0.1, 0.15) is 0 Å². The molecule has 8 nitrogen and oxygen atoms in total. The van der Waals surface area contributed by atoms with E-state index in [0.29, 0.717) is 23.1 Å². The predicted octanol–water partition coefficient (Wildman–Crippen LogP) is 2.67. The van der Waals surface area contributed by atoms with Gasteiger partial charge in [-0.3, -0.25) is 9.59 Å². The van der Waals surface area contributed by atoms with Gasteiger partial charge in [-0.15, -0.1) is 0 Å². The lowest BCUT2D eigenvalue weighted by molar-refractivity contribution is -0.120. The second-order valence-electron chi connectivity index (χ2n) is 8.57. The number of anilines is 3. The number of hydrogen-bond acceptors (Lipinski definition) is 6. The summed E-state index contributed by atoms with van der Waals surface area (Å²) in [7, 11) is 0. The Hall–Kier alpha value is -3.16. The molecule has 0 radical (unpaired) electrons. The van der Waals surface area contributed by atoms with Crippen molar-refractivity contribution >= 4 is 29.1 Å². The van der Waals surface area contributed by atoms with Gasteiger partial charge >= 0.3 is 0 Å². The van der Waals surface area contributed by atoms with E-state index in [-0.39, 0.29) is 11.8 Å². The third-order valence-electron chi connectivity index (χ3n) is 6.35. The number of carbonyl (C=O) groups is 2. The fourth-order valence-electron chi connectivity index (χ4n) is 4.38. The van der Waals surface area contributed by atoms with Gasteiger partial charge in [-0.2, -0.15) is 0 Å². The molecule has 164 valence electrons. The van der Waals surface area contributed by atoms with Crippen LogP contribution < -0.4 is 20.9 Å². The van der Waals surface area contributed by atoms with Crippen molar-refractivity contribution in [3.05, 3.63) is 42.2 Å². The Labute approximate surface area is 182 Å². The lowest BCUT2D eigenvalue weighted by atomic mass is 9.95. The molecule has 3 heterocycles. The van der Waals surface area contributed by atoms with Crippen molar-refractivity contribution in [2.75, 3.05) is 41.3 Å². The van der Waals surface area contributed by atoms with Gasteiger partial charge in [0, 0.05) is 55.9 Å². The van der Waals surface area contributed by atoms with Crippen LogP contribution in [0.3, 0.4) is 0 Å². The van der Waals surface area contributed by atoms with E-state index < -0.39 is 5.91 Å². The van der Waals surface area contributed by atoms with E-state index in [4.69, 9.17) is 5.73 Å². The van der Waals surface area contributed by atoms with Crippen LogP contribution >= 0.6 is 0 Å². The topological polar surface area (TPSA) is 104 Å². The van der Waals surface area contributed by atoms with Gasteiger partial charge in [-0.1, -0.05) is 6.92 Å². The molecule has 2 aliphatic rings. The van der Waals surface area contributed by atoms with Gasteiger partial charge in [-0.25, -0.2) is 9.97 Å². The van der Waals surface area contributed by atoms with Crippen molar-refractivity contribution in [2.24, 2.45) is 17.6 Å². The third kappa shape index (κ3) is 4.95. The Kier molecular flexibility index (Phi) is 6.34. The SMILES string of the molecule is CC1CCN(c2ccc(NC(=O)C3CCN(c4ncccn4)CC3)cc2C(N)=O)CC1. The van der Waals surface area contributed by atoms with Crippen LogP contribution in [0.4, 0.5) is 17.3 Å². The molecule has 2 fully saturated rings. The zero-order valence-corrected chi connectivity index (χ0v) is 18.0. The van der Waals surface area contributed by atoms with Crippen LogP contribution in [-0.2, 0) is 4.79 Å². The minimum absolute atomic E-state index is 0.0244. The van der Waals surface area contributed by atoms with E-state index >= 15 is 0 Å². The monoisotopic (exact) mass is 422 g/mol. The molecule has 0 unspecified atom stereocenters. The molecule has 3 N–H and O–H groups in total. The summed E-state index contributed by atoms with van der Waals surface area (Å²) in [5.41, 5.74) is 7.60. The highest BCUT2D eigenvalue weighted by molar-refractivity contribution is 6.01. The standard InChI is InChI=1S/C23H30N6O2/c1-16-5-11-28(12-6-16)20-4-3-18(15-19(20)21(24)30)27-22(31)17-7-13-29(14-8-17)23-25-9-2-10-26-23/h2-4,9-10,15-17H,5-8,11-14H2,1H3,(H2,24,30)(H,27,31). The van der Waals surface area contributed by atoms with Crippen LogP contribution in [-0.4, -0.2) is 48.0 Å². The van der Waals surface area contributed by atoms with E-state index in [2.05, 4.69) is 32.0 Å². The van der Waals surface area contributed by atoms with Gasteiger partial charge in [0.05, 0.1) is 5.56 Å². The quantitative estimate of drug-likeness (QED) is 0.768. The number of rotatable bonds is 5. The Morgan fingerprint density at radius 2 is 1.65 bits per heavy atom. The van der Waals surface area contributed by atoms with Gasteiger partial charge in [-0.05, 0) is 55.9 Å². The van der Waals surface area contributed by atoms with Crippen molar-refractivity contribution in [3.63, 3.8) is 0 Å². The lowest BCUT2D eigenvalue weighted by Crippen LogP contribution is -2.39. The molecular weight excluding hydrogens is 392 g/mol. The number of carbonyl (C=O) groups excluding carboxylic acids is 2. The van der Waals surface area contributed by atoms with E-state index in [0.717, 1.165) is 57.5 Å². The minimum Gasteiger partial charge on any atom is -0.371 e. The summed E-state index contributed by atoms with van der Waals surface area (Å²) < 4.78 is 0. The first kappa shape index (κ1) is 21.1. The van der Waals surface area contributed by atoms with E-state index in [1.165, 1.54) is 0 Å². The summed E-state index contributed by atoms with van der Waals surface area (Å²) in [6.07, 6.45) is 7.12. The van der Waals surface area contributed by atoms with Gasteiger partial charge in [0.15, 0.2) is 0 Å². The van der Waals surface area contributed by atoms with Crippen molar-refractivity contribution in [3.8, 4) is 0 Å². The number of piperidine rings is 2. The summed E-state index contributed by atoms with van der Waals surface area (Å²) in [6, 6.07) is 7.27. The minimum atomic E-state index is -0.471. The molecule has 8 heteroatoms. The molecule has 1 aromatic heterocycles. The molecule has 2 aromatic rings. The van der Waals surface area contributed by atoms with E-state index in [9.17, 15) is 9.59 Å². The Balaban J connectivity index is 1.39. The number of aromatic nitrogens is 2. The lowest BCUT2D eigenvalue weighted by Gasteiger charge is -2.33. The van der Waals surface area contributed by atoms with Gasteiger partial charge in [0.2, 0.25) is 11.9 Å². The number of nitrogens with two attached hydrogens (primary N) is 1. The molecule has 0 atom stereocenters. The number of nitrogens with zero attached hydrogens (tertiary/aromatic N) is 4. The third-order valence-corrected chi connectivity index (χ3v) is 6.35. The fourth-order valence-corrected chi connectivity index (χ4v) is 4.38. The zero-order valence-electron chi connectivity index (χ0n) is 18.0. The normalized spacial score (nSPS) is 18.1. The highest BCUT2D eigenvalue weighted by Gasteiger charge is 2.27. The Morgan fingerprint density at radius 3 is 2.29 bits per heavy atom. The molecule has 0 spiro atoms. The van der Waals surface area contributed by atoms with Gasteiger partial charge in [0.25, 0.3) is 5.91 Å². The van der Waals surface area contributed by atoms with E-state index in [1.807, 2.05) is 12.1 Å². The molecule has 0 aliphatic carbocycles. The highest BCUT2D eigenvalue weighted by Crippen LogP contribution is 2.29. The van der Waals surface area contributed by atoms with Crippen molar-refractivity contribution in [2.45, 2.75) is 32.6 Å². The zero-order chi connectivity index (χ0) is 21.8. The van der Waals surface area contributed by atoms with Crippen LogP contribution in [0.1, 0.15) is 43.0 Å². The molecule has 0 bridgehead atoms. The summed E-state index contributed by atoms with van der Waals surface area (Å²) in [4.78, 5) is 37.8. The number of nitrogens with one attached hydrogen (secondary N) is 1. The Morgan fingerprint density at radius 1 is 1.00 bits per heavy atom. The van der Waals surface area contributed by atoms with Crippen LogP contribution in [0, 0.1) is 11.8 Å². The van der Waals surface area contributed by atoms with Crippen molar-refractivity contribution in [1.82, 2.24) is 9.97 Å². The van der Waals surface area contributed by atoms with Crippen LogP contribution in [0.25, 0.3) is 0 Å². The molecule has 0 saturated carbocycles. The van der Waals surface area contributed by atoms with Crippen LogP contribution in [0.5, 0.6) is 0 Å². The first-order valence-corrected chi connectivity index (χ1v) is 11.0. The maximum absolute atomic E-state index is 12.8. The molecular formula is C23H30N6O2. The van der Waals surface area contributed by atoms with Crippen molar-refractivity contribution in [1.29, 1.82) is 0 Å². The van der Waals surface area contributed by atoms with Crippen LogP contribution in [0.15, 0.2) is 36.7 Å². The first-order valence-electron chi connectivity index (χ1n) is 11.0. The number of amides is 2. The largest absolute Gasteiger partial charge is 0.371 e. The number of hydrogen-bond donors (Lipinski definition) is 2. The average molecular weight is 423 g/mol. The molecule has 2 saturated heterocycles. The first-order chi connectivity index (χ1) is 15.0. The Bertz CT molecular complexity index is 919. The molecule has 2 aliphatic heterocycles. The maximum Gasteiger partial charge on any atom is 0.250 e. The maximum atomic E-state index is 12.8. The average Bonchev–Trinajstić information content (AvgIpc) is 2.80. The number of benzene rings is 1. The fraction of sp³-hybridized carbons (Fsp3) is 0.478. The number of primary amides is 1. The second-order valence-corrected chi connectivity index (χ2v) is 8.57. The molecule has 2 amide bonds. The smallest absolute Gasteiger partial charge is 0.250 e. The summed E-state index contributed by atoms with van der Waals surface area (Å²) >= 11 is 0. The summed E-state index contributed by atoms with van der Waals surface area (Å²) in [5.74, 6) is 0.826. The molecule has 31 heavy (non-hydrogen) atoms. The van der Waals surface area contributed by atoms with Crippen LogP contribution in [0.2, 0.25) is 0 Å². The summed E-state index contributed by atoms with van der Waals surface area (Å²) in [6.45, 7) is 5.55. The predicted molar refractivity (Wildman–Crippen MR) is 121 cm³/mol. The van der Waals surface area contributed by atoms with E-state index in [1.54, 1.807) is 24.5 Å². The molecule has 4 rings (SSSR count). The van der Waals surface area contributed by atoms with Gasteiger partial charge < -0.3 is 20.9 Å².